The molecule has 0 saturated heterocycles. The van der Waals surface area contributed by atoms with Crippen LogP contribution in [0.2, 0.25) is 0 Å². The minimum atomic E-state index is -0.728. The normalized spacial score (nSPS) is 11.1. The molecular formula is C39H32O6. The van der Waals surface area contributed by atoms with Crippen LogP contribution in [0.5, 0.6) is 57.5 Å². The summed E-state index contributed by atoms with van der Waals surface area (Å²) in [6.07, 6.45) is 0. The van der Waals surface area contributed by atoms with Gasteiger partial charge in [0.1, 0.15) is 23.0 Å². The fourth-order valence-corrected chi connectivity index (χ4v) is 4.83. The van der Waals surface area contributed by atoms with Crippen LogP contribution in [0.3, 0.4) is 0 Å². The third-order valence-corrected chi connectivity index (χ3v) is 7.41. The molecule has 0 radical (unpaired) electrons. The van der Waals surface area contributed by atoms with Crippen molar-refractivity contribution in [1.29, 1.82) is 0 Å². The lowest BCUT2D eigenvalue weighted by Gasteiger charge is -2.29. The standard InChI is InChI=1S/C39H32O6/c1-39(2,27-23-33(42-29-15-7-3-8-16-29)37(40)34(24-27)43-30-17-9-4-10-18-30)28-25-35(44-31-19-11-5-12-20-31)38(41)36(26-28)45-32-21-13-6-14-22-32/h3-26,40-41H,1-2H3. The lowest BCUT2D eigenvalue weighted by molar-refractivity contribution is 0.373. The minimum absolute atomic E-state index is 0.130. The maximum Gasteiger partial charge on any atom is 0.202 e. The van der Waals surface area contributed by atoms with Gasteiger partial charge in [-0.1, -0.05) is 86.6 Å². The van der Waals surface area contributed by atoms with Gasteiger partial charge >= 0.3 is 0 Å². The van der Waals surface area contributed by atoms with Gasteiger partial charge in [-0.25, -0.2) is 0 Å². The summed E-state index contributed by atoms with van der Waals surface area (Å²) < 4.78 is 24.7. The van der Waals surface area contributed by atoms with Gasteiger partial charge in [0.15, 0.2) is 23.0 Å². The number of aromatic hydroxyl groups is 2. The largest absolute Gasteiger partial charge is 0.502 e. The molecule has 0 aliphatic heterocycles. The van der Waals surface area contributed by atoms with Crippen molar-refractivity contribution >= 4 is 0 Å². The number of ether oxygens (including phenoxy) is 4. The predicted octanol–water partition coefficient (Wildman–Crippen LogP) is 10.6. The first-order valence-electron chi connectivity index (χ1n) is 14.5. The summed E-state index contributed by atoms with van der Waals surface area (Å²) in [6, 6.07) is 44.2. The summed E-state index contributed by atoms with van der Waals surface area (Å²) in [7, 11) is 0. The molecule has 0 amide bonds. The zero-order valence-electron chi connectivity index (χ0n) is 24.9. The van der Waals surface area contributed by atoms with Crippen molar-refractivity contribution in [2.24, 2.45) is 0 Å². The average molecular weight is 597 g/mol. The van der Waals surface area contributed by atoms with Gasteiger partial charge in [0.25, 0.3) is 0 Å². The zero-order chi connectivity index (χ0) is 31.2. The Morgan fingerprint density at radius 2 is 0.600 bits per heavy atom. The molecule has 0 spiro atoms. The molecule has 0 bridgehead atoms. The molecule has 0 aliphatic rings. The number of hydrogen-bond acceptors (Lipinski definition) is 6. The maximum absolute atomic E-state index is 11.3. The van der Waals surface area contributed by atoms with Crippen LogP contribution in [0, 0.1) is 0 Å². The second-order valence-corrected chi connectivity index (χ2v) is 10.9. The van der Waals surface area contributed by atoms with E-state index in [1.165, 1.54) is 0 Å². The van der Waals surface area contributed by atoms with E-state index in [4.69, 9.17) is 18.9 Å². The Hall–Kier alpha value is -5.88. The summed E-state index contributed by atoms with van der Waals surface area (Å²) in [5.41, 5.74) is 0.826. The molecule has 6 aromatic carbocycles. The fourth-order valence-electron chi connectivity index (χ4n) is 4.83. The topological polar surface area (TPSA) is 77.4 Å². The van der Waals surface area contributed by atoms with Gasteiger partial charge < -0.3 is 29.2 Å². The van der Waals surface area contributed by atoms with Crippen molar-refractivity contribution in [3.63, 3.8) is 0 Å². The van der Waals surface area contributed by atoms with Gasteiger partial charge in [-0.05, 0) is 83.9 Å². The lowest BCUT2D eigenvalue weighted by Crippen LogP contribution is -2.19. The fraction of sp³-hybridized carbons (Fsp3) is 0.0769. The van der Waals surface area contributed by atoms with Crippen LogP contribution < -0.4 is 18.9 Å². The molecule has 6 rings (SSSR count). The highest BCUT2D eigenvalue weighted by Crippen LogP contribution is 2.49. The van der Waals surface area contributed by atoms with Crippen molar-refractivity contribution < 1.29 is 29.2 Å². The molecule has 0 aromatic heterocycles. The first-order valence-corrected chi connectivity index (χ1v) is 14.5. The summed E-state index contributed by atoms with van der Waals surface area (Å²) in [5.74, 6) is 2.94. The van der Waals surface area contributed by atoms with Gasteiger partial charge in [0.05, 0.1) is 0 Å². The first kappa shape index (κ1) is 29.2. The van der Waals surface area contributed by atoms with Gasteiger partial charge in [-0.15, -0.1) is 0 Å². The number of benzene rings is 6. The smallest absolute Gasteiger partial charge is 0.202 e. The van der Waals surface area contributed by atoms with Crippen LogP contribution in [0.15, 0.2) is 146 Å². The molecule has 6 nitrogen and oxygen atoms in total. The molecular weight excluding hydrogens is 564 g/mol. The Morgan fingerprint density at radius 3 is 0.822 bits per heavy atom. The molecule has 45 heavy (non-hydrogen) atoms. The number of phenolic OH excluding ortho intramolecular Hbond substituents is 2. The quantitative estimate of drug-likeness (QED) is 0.164. The Kier molecular flexibility index (Phi) is 8.29. The number of hydrogen-bond donors (Lipinski definition) is 2. The second kappa shape index (κ2) is 12.8. The third kappa shape index (κ3) is 6.71. The zero-order valence-corrected chi connectivity index (χ0v) is 24.9. The van der Waals surface area contributed by atoms with E-state index < -0.39 is 5.41 Å². The van der Waals surface area contributed by atoms with Crippen LogP contribution in [0.1, 0.15) is 25.0 Å². The molecule has 0 unspecified atom stereocenters. The molecule has 0 saturated carbocycles. The van der Waals surface area contributed by atoms with E-state index in [-0.39, 0.29) is 34.5 Å². The second-order valence-electron chi connectivity index (χ2n) is 10.9. The number of phenols is 2. The highest BCUT2D eigenvalue weighted by molar-refractivity contribution is 5.61. The van der Waals surface area contributed by atoms with Crippen molar-refractivity contribution in [3.8, 4) is 57.5 Å². The lowest BCUT2D eigenvalue weighted by atomic mass is 9.77. The van der Waals surface area contributed by atoms with Crippen LogP contribution in [0.4, 0.5) is 0 Å². The van der Waals surface area contributed by atoms with E-state index in [0.717, 1.165) is 11.1 Å². The number of para-hydroxylation sites is 4. The summed E-state index contributed by atoms with van der Waals surface area (Å²) in [4.78, 5) is 0. The Labute approximate surface area is 262 Å². The third-order valence-electron chi connectivity index (χ3n) is 7.41. The molecule has 2 N–H and O–H groups in total. The van der Waals surface area contributed by atoms with Crippen molar-refractivity contribution in [1.82, 2.24) is 0 Å². The molecule has 0 aliphatic carbocycles. The highest BCUT2D eigenvalue weighted by atomic mass is 16.5. The molecule has 6 aromatic rings. The summed E-state index contributed by atoms with van der Waals surface area (Å²) in [5, 5.41) is 22.6. The van der Waals surface area contributed by atoms with E-state index in [2.05, 4.69) is 0 Å². The van der Waals surface area contributed by atoms with Crippen molar-refractivity contribution in [3.05, 3.63) is 157 Å². The average Bonchev–Trinajstić information content (AvgIpc) is 3.06. The molecule has 0 fully saturated rings. The van der Waals surface area contributed by atoms with E-state index in [0.29, 0.717) is 23.0 Å². The number of rotatable bonds is 10. The van der Waals surface area contributed by atoms with Crippen molar-refractivity contribution in [2.75, 3.05) is 0 Å². The Balaban J connectivity index is 1.47. The van der Waals surface area contributed by atoms with Gasteiger partial charge in [0, 0.05) is 5.41 Å². The molecule has 224 valence electrons. The van der Waals surface area contributed by atoms with E-state index in [1.807, 2.05) is 135 Å². The summed E-state index contributed by atoms with van der Waals surface area (Å²) >= 11 is 0. The van der Waals surface area contributed by atoms with Crippen LogP contribution in [0.25, 0.3) is 0 Å². The summed E-state index contributed by atoms with van der Waals surface area (Å²) in [6.45, 7) is 4.06. The molecule has 0 atom stereocenters. The van der Waals surface area contributed by atoms with Gasteiger partial charge in [-0.2, -0.15) is 0 Å². The molecule has 0 heterocycles. The van der Waals surface area contributed by atoms with Gasteiger partial charge in [0.2, 0.25) is 11.5 Å². The Morgan fingerprint density at radius 1 is 0.378 bits per heavy atom. The Bertz CT molecular complexity index is 1610. The first-order chi connectivity index (χ1) is 21.9. The predicted molar refractivity (Wildman–Crippen MR) is 174 cm³/mol. The maximum atomic E-state index is 11.3. The van der Waals surface area contributed by atoms with E-state index >= 15 is 0 Å². The van der Waals surface area contributed by atoms with E-state index in [9.17, 15) is 10.2 Å². The van der Waals surface area contributed by atoms with Crippen molar-refractivity contribution in [2.45, 2.75) is 19.3 Å². The van der Waals surface area contributed by atoms with Crippen LogP contribution in [-0.4, -0.2) is 10.2 Å². The SMILES string of the molecule is CC(C)(c1cc(Oc2ccccc2)c(O)c(Oc2ccccc2)c1)c1cc(Oc2ccccc2)c(O)c(Oc2ccccc2)c1. The van der Waals surface area contributed by atoms with Gasteiger partial charge in [-0.3, -0.25) is 0 Å². The minimum Gasteiger partial charge on any atom is -0.502 e. The van der Waals surface area contributed by atoms with Crippen LogP contribution >= 0.6 is 0 Å². The van der Waals surface area contributed by atoms with E-state index in [1.54, 1.807) is 24.3 Å². The monoisotopic (exact) mass is 596 g/mol. The molecule has 6 heteroatoms. The van der Waals surface area contributed by atoms with Crippen LogP contribution in [-0.2, 0) is 5.41 Å². The highest BCUT2D eigenvalue weighted by Gasteiger charge is 2.30.